The third-order valence-corrected chi connectivity index (χ3v) is 15.1. The van der Waals surface area contributed by atoms with Crippen molar-refractivity contribution >= 4 is 17.9 Å². The number of carbonyl (C=O) groups is 3. The summed E-state index contributed by atoms with van der Waals surface area (Å²) in [5.41, 5.74) is 0. The van der Waals surface area contributed by atoms with Gasteiger partial charge in [0.05, 0.1) is 0 Å². The van der Waals surface area contributed by atoms with Gasteiger partial charge in [0.1, 0.15) is 13.2 Å². The highest BCUT2D eigenvalue weighted by Crippen LogP contribution is 2.18. The lowest BCUT2D eigenvalue weighted by atomic mass is 10.0. The van der Waals surface area contributed by atoms with Crippen LogP contribution in [0.3, 0.4) is 0 Å². The standard InChI is InChI=1S/C74H130O6/c1-4-7-10-13-16-19-22-25-27-29-31-33-34-35-36-37-38-39-41-42-44-46-49-52-55-58-61-64-67-73(76)79-70-71(69-78-72(75)66-63-60-57-54-51-48-24-21-18-15-12-9-6-3)80-74(77)68-65-62-59-56-53-50-47-45-43-40-32-30-28-26-23-20-17-14-11-8-5-2/h8,11-12,15,17,20-21,24,26,28,32,40,45,47,71H,4-7,9-10,13-14,16,18-19,22-23,25,27,29-31,33-39,41-44,46,48-70H2,1-3H3/b11-8-,15-12-,20-17-,24-21-,28-26-,40-32-,47-45-. The lowest BCUT2D eigenvalue weighted by molar-refractivity contribution is -0.167. The molecule has 6 nitrogen and oxygen atoms in total. The maximum atomic E-state index is 12.9. The van der Waals surface area contributed by atoms with E-state index in [1.165, 1.54) is 167 Å². The molecule has 0 aromatic rings. The normalized spacial score (nSPS) is 12.6. The molecule has 0 fully saturated rings. The van der Waals surface area contributed by atoms with Crippen LogP contribution in [0.25, 0.3) is 0 Å². The molecule has 0 saturated heterocycles. The molecule has 0 saturated carbocycles. The van der Waals surface area contributed by atoms with Crippen molar-refractivity contribution in [2.45, 2.75) is 354 Å². The van der Waals surface area contributed by atoms with Crippen molar-refractivity contribution in [2.24, 2.45) is 0 Å². The van der Waals surface area contributed by atoms with Crippen molar-refractivity contribution in [1.82, 2.24) is 0 Å². The molecule has 0 aromatic carbocycles. The minimum atomic E-state index is -0.794. The molecule has 0 aliphatic carbocycles. The molecule has 0 rings (SSSR count). The molecule has 0 bridgehead atoms. The molecule has 80 heavy (non-hydrogen) atoms. The van der Waals surface area contributed by atoms with Gasteiger partial charge in [0, 0.05) is 19.3 Å². The SMILES string of the molecule is CC/C=C\C/C=C\C/C=C\C/C=C\C/C=C\CCCCCCCC(=O)OC(COC(=O)CCCCCCC/C=C\C/C=C\CCC)COC(=O)CCCCCCCCCCCCCCCCCCCCCCCCCCCCCC. The first-order chi connectivity index (χ1) is 39.5. The predicted molar refractivity (Wildman–Crippen MR) is 348 cm³/mol. The maximum absolute atomic E-state index is 12.9. The highest BCUT2D eigenvalue weighted by molar-refractivity contribution is 5.71. The first kappa shape index (κ1) is 76.6. The Kier molecular flexibility index (Phi) is 65.2. The van der Waals surface area contributed by atoms with E-state index in [-0.39, 0.29) is 31.1 Å². The summed E-state index contributed by atoms with van der Waals surface area (Å²) in [6.45, 7) is 6.48. The van der Waals surface area contributed by atoms with Gasteiger partial charge in [-0.15, -0.1) is 0 Å². The molecular weight excluding hydrogens is 985 g/mol. The van der Waals surface area contributed by atoms with Crippen LogP contribution in [0.5, 0.6) is 0 Å². The van der Waals surface area contributed by atoms with E-state index < -0.39 is 6.10 Å². The second kappa shape index (κ2) is 68.1. The zero-order valence-electron chi connectivity index (χ0n) is 53.1. The lowest BCUT2D eigenvalue weighted by Crippen LogP contribution is -2.30. The summed E-state index contributed by atoms with van der Waals surface area (Å²) < 4.78 is 16.9. The number of unbranched alkanes of at least 4 members (excludes halogenated alkanes) is 38. The molecule has 6 heteroatoms. The molecule has 0 aliphatic rings. The van der Waals surface area contributed by atoms with Gasteiger partial charge in [0.2, 0.25) is 0 Å². The van der Waals surface area contributed by atoms with Crippen LogP contribution in [-0.2, 0) is 28.6 Å². The van der Waals surface area contributed by atoms with Crippen LogP contribution in [0, 0.1) is 0 Å². The molecule has 0 spiro atoms. The maximum Gasteiger partial charge on any atom is 0.306 e. The Labute approximate surface area is 496 Å². The first-order valence-corrected chi connectivity index (χ1v) is 34.6. The van der Waals surface area contributed by atoms with Crippen LogP contribution in [-0.4, -0.2) is 37.2 Å². The zero-order chi connectivity index (χ0) is 57.8. The fraction of sp³-hybridized carbons (Fsp3) is 0.770. The van der Waals surface area contributed by atoms with E-state index in [2.05, 4.69) is 106 Å². The second-order valence-corrected chi connectivity index (χ2v) is 23.1. The van der Waals surface area contributed by atoms with Crippen molar-refractivity contribution < 1.29 is 28.6 Å². The van der Waals surface area contributed by atoms with Crippen molar-refractivity contribution in [3.8, 4) is 0 Å². The van der Waals surface area contributed by atoms with Gasteiger partial charge < -0.3 is 14.2 Å². The Morgan fingerprint density at radius 2 is 0.512 bits per heavy atom. The molecular formula is C74H130O6. The number of allylic oxidation sites excluding steroid dienone is 14. The van der Waals surface area contributed by atoms with E-state index in [1.54, 1.807) is 0 Å². The van der Waals surface area contributed by atoms with E-state index in [1.807, 2.05) is 0 Å². The van der Waals surface area contributed by atoms with Crippen molar-refractivity contribution in [2.75, 3.05) is 13.2 Å². The fourth-order valence-electron chi connectivity index (χ4n) is 9.98. The van der Waals surface area contributed by atoms with Crippen LogP contribution >= 0.6 is 0 Å². The summed E-state index contributed by atoms with van der Waals surface area (Å²) in [7, 11) is 0. The lowest BCUT2D eigenvalue weighted by Gasteiger charge is -2.18. The summed E-state index contributed by atoms with van der Waals surface area (Å²) in [5.74, 6) is -0.905. The Morgan fingerprint density at radius 3 is 0.812 bits per heavy atom. The van der Waals surface area contributed by atoms with E-state index >= 15 is 0 Å². The molecule has 0 N–H and O–H groups in total. The second-order valence-electron chi connectivity index (χ2n) is 23.1. The Morgan fingerprint density at radius 1 is 0.263 bits per heavy atom. The van der Waals surface area contributed by atoms with E-state index in [0.29, 0.717) is 19.3 Å². The van der Waals surface area contributed by atoms with E-state index in [0.717, 1.165) is 141 Å². The molecule has 0 aliphatic heterocycles. The molecule has 1 atom stereocenters. The minimum Gasteiger partial charge on any atom is -0.462 e. The number of hydrogen-bond donors (Lipinski definition) is 0. The van der Waals surface area contributed by atoms with Crippen LogP contribution < -0.4 is 0 Å². The van der Waals surface area contributed by atoms with Gasteiger partial charge in [-0.1, -0.05) is 324 Å². The summed E-state index contributed by atoms with van der Waals surface area (Å²) >= 11 is 0. The molecule has 0 aromatic heterocycles. The van der Waals surface area contributed by atoms with Crippen molar-refractivity contribution in [3.63, 3.8) is 0 Å². The molecule has 462 valence electrons. The largest absolute Gasteiger partial charge is 0.462 e. The van der Waals surface area contributed by atoms with Gasteiger partial charge in [-0.25, -0.2) is 0 Å². The molecule has 0 amide bonds. The smallest absolute Gasteiger partial charge is 0.306 e. The highest BCUT2D eigenvalue weighted by Gasteiger charge is 2.19. The third-order valence-electron chi connectivity index (χ3n) is 15.1. The summed E-state index contributed by atoms with van der Waals surface area (Å²) in [5, 5.41) is 0. The molecule has 0 radical (unpaired) electrons. The number of esters is 3. The van der Waals surface area contributed by atoms with Gasteiger partial charge in [0.15, 0.2) is 6.10 Å². The number of carbonyl (C=O) groups excluding carboxylic acids is 3. The number of hydrogen-bond acceptors (Lipinski definition) is 6. The Bertz CT molecular complexity index is 1520. The fourth-order valence-corrected chi connectivity index (χ4v) is 9.98. The topological polar surface area (TPSA) is 78.9 Å². The summed E-state index contributed by atoms with van der Waals surface area (Å²) in [6, 6.07) is 0. The van der Waals surface area contributed by atoms with Gasteiger partial charge >= 0.3 is 17.9 Å². The third kappa shape index (κ3) is 65.4. The molecule has 0 heterocycles. The zero-order valence-corrected chi connectivity index (χ0v) is 53.1. The van der Waals surface area contributed by atoms with Crippen molar-refractivity contribution in [3.05, 3.63) is 85.1 Å². The van der Waals surface area contributed by atoms with Crippen LogP contribution in [0.4, 0.5) is 0 Å². The quantitative estimate of drug-likeness (QED) is 0.0261. The van der Waals surface area contributed by atoms with Crippen LogP contribution in [0.1, 0.15) is 348 Å². The van der Waals surface area contributed by atoms with Crippen molar-refractivity contribution in [1.29, 1.82) is 0 Å². The van der Waals surface area contributed by atoms with Crippen LogP contribution in [0.2, 0.25) is 0 Å². The first-order valence-electron chi connectivity index (χ1n) is 34.6. The minimum absolute atomic E-state index is 0.0866. The average Bonchev–Trinajstić information content (AvgIpc) is 3.46. The van der Waals surface area contributed by atoms with Gasteiger partial charge in [-0.3, -0.25) is 14.4 Å². The summed E-state index contributed by atoms with van der Waals surface area (Å²) in [4.78, 5) is 38.4. The predicted octanol–water partition coefficient (Wildman–Crippen LogP) is 23.8. The Balaban J connectivity index is 4.26. The van der Waals surface area contributed by atoms with Gasteiger partial charge in [-0.05, 0) is 89.9 Å². The van der Waals surface area contributed by atoms with Gasteiger partial charge in [-0.2, -0.15) is 0 Å². The van der Waals surface area contributed by atoms with Crippen LogP contribution in [0.15, 0.2) is 85.1 Å². The summed E-state index contributed by atoms with van der Waals surface area (Å²) in [6.07, 6.45) is 90.5. The van der Waals surface area contributed by atoms with E-state index in [4.69, 9.17) is 14.2 Å². The number of ether oxygens (including phenoxy) is 3. The number of rotatable bonds is 63. The monoisotopic (exact) mass is 1110 g/mol. The Hall–Kier alpha value is -3.41. The van der Waals surface area contributed by atoms with Gasteiger partial charge in [0.25, 0.3) is 0 Å². The average molecular weight is 1120 g/mol. The van der Waals surface area contributed by atoms with E-state index in [9.17, 15) is 14.4 Å². The highest BCUT2D eigenvalue weighted by atomic mass is 16.6. The molecule has 1 unspecified atom stereocenters.